The number of ether oxygens (including phenoxy) is 1. The third-order valence-electron chi connectivity index (χ3n) is 7.17. The molecule has 1 aromatic heterocycles. The molecule has 0 spiro atoms. The first-order valence-electron chi connectivity index (χ1n) is 12.4. The van der Waals surface area contributed by atoms with E-state index in [0.29, 0.717) is 25.7 Å². The summed E-state index contributed by atoms with van der Waals surface area (Å²) < 4.78 is 50.4. The maximum Gasteiger partial charge on any atom is 0.341 e. The Kier molecular flexibility index (Phi) is 6.71. The number of aromatic nitrogens is 1. The molecule has 0 radical (unpaired) electrons. The van der Waals surface area contributed by atoms with Crippen molar-refractivity contribution in [3.8, 4) is 23.1 Å². The van der Waals surface area contributed by atoms with Crippen LogP contribution in [0.2, 0.25) is 0 Å². The SMILES string of the molecule is COc1cc(F)cc2c(=O)c(C(=O)O)c(-c3ccc(S(=O)(=O)NC4CCCCC4)c(C#N)c3)n(C3CC3)c12. The highest BCUT2D eigenvalue weighted by Gasteiger charge is 2.34. The number of carboxylic acids is 1. The highest BCUT2D eigenvalue weighted by atomic mass is 32.2. The Labute approximate surface area is 218 Å². The van der Waals surface area contributed by atoms with E-state index in [1.807, 2.05) is 6.07 Å². The van der Waals surface area contributed by atoms with Crippen molar-refractivity contribution in [3.05, 3.63) is 57.5 Å². The van der Waals surface area contributed by atoms with Gasteiger partial charge in [-0.1, -0.05) is 25.3 Å². The number of hydrogen-bond acceptors (Lipinski definition) is 6. The molecule has 198 valence electrons. The predicted molar refractivity (Wildman–Crippen MR) is 137 cm³/mol. The number of benzene rings is 2. The number of hydrogen-bond donors (Lipinski definition) is 2. The number of nitriles is 1. The molecule has 9 nitrogen and oxygen atoms in total. The third kappa shape index (κ3) is 4.54. The van der Waals surface area contributed by atoms with Crippen molar-refractivity contribution in [2.45, 2.75) is 61.9 Å². The van der Waals surface area contributed by atoms with Crippen molar-refractivity contribution in [1.82, 2.24) is 9.29 Å². The average Bonchev–Trinajstić information content (AvgIpc) is 3.73. The first kappa shape index (κ1) is 25.9. The fourth-order valence-electron chi connectivity index (χ4n) is 5.31. The molecule has 38 heavy (non-hydrogen) atoms. The second-order valence-corrected chi connectivity index (χ2v) is 11.4. The summed E-state index contributed by atoms with van der Waals surface area (Å²) in [5.74, 6) is -2.19. The molecule has 2 fully saturated rings. The first-order valence-corrected chi connectivity index (χ1v) is 13.9. The largest absolute Gasteiger partial charge is 0.494 e. The van der Waals surface area contributed by atoms with Gasteiger partial charge in [0.15, 0.2) is 0 Å². The molecule has 3 aromatic rings. The van der Waals surface area contributed by atoms with Crippen LogP contribution in [0, 0.1) is 17.1 Å². The van der Waals surface area contributed by atoms with Crippen LogP contribution in [0.5, 0.6) is 5.75 Å². The van der Waals surface area contributed by atoms with E-state index in [1.165, 1.54) is 25.3 Å². The molecule has 0 bridgehead atoms. The van der Waals surface area contributed by atoms with E-state index in [4.69, 9.17) is 4.74 Å². The number of carboxylic acid groups (broad SMARTS) is 1. The molecule has 2 N–H and O–H groups in total. The molecular formula is C27H26FN3O6S. The van der Waals surface area contributed by atoms with Crippen LogP contribution in [0.4, 0.5) is 4.39 Å². The van der Waals surface area contributed by atoms with Gasteiger partial charge >= 0.3 is 5.97 Å². The monoisotopic (exact) mass is 539 g/mol. The molecule has 0 saturated heterocycles. The zero-order valence-corrected chi connectivity index (χ0v) is 21.5. The summed E-state index contributed by atoms with van der Waals surface area (Å²) in [5, 5.41) is 19.8. The number of fused-ring (bicyclic) bond motifs is 1. The standard InChI is InChI=1S/C27H26FN3O6S/c1-37-21-13-17(28)12-20-25(21)31(19-8-9-19)24(23(26(20)32)27(33)34)15-7-10-22(16(11-15)14-29)38(35,36)30-18-5-3-2-4-6-18/h7,10-13,18-19,30H,2-6,8-9H2,1H3,(H,33,34). The van der Waals surface area contributed by atoms with E-state index in [0.717, 1.165) is 31.4 Å². The Bertz CT molecular complexity index is 1670. The number of halogens is 1. The minimum absolute atomic E-state index is 0.0168. The molecule has 2 saturated carbocycles. The first-order chi connectivity index (χ1) is 18.2. The molecule has 0 aliphatic heterocycles. The lowest BCUT2D eigenvalue weighted by Crippen LogP contribution is -2.36. The van der Waals surface area contributed by atoms with Gasteiger partial charge in [-0.05, 0) is 43.9 Å². The van der Waals surface area contributed by atoms with Gasteiger partial charge in [0, 0.05) is 23.7 Å². The zero-order valence-electron chi connectivity index (χ0n) is 20.7. The fraction of sp³-hybridized carbons (Fsp3) is 0.370. The van der Waals surface area contributed by atoms with Crippen molar-refractivity contribution < 1.29 is 27.4 Å². The van der Waals surface area contributed by atoms with E-state index in [1.54, 1.807) is 4.57 Å². The van der Waals surface area contributed by atoms with Gasteiger partial charge in [-0.2, -0.15) is 5.26 Å². The summed E-state index contributed by atoms with van der Waals surface area (Å²) in [7, 11) is -2.69. The maximum atomic E-state index is 14.3. The number of nitrogens with zero attached hydrogens (tertiary/aromatic N) is 2. The van der Waals surface area contributed by atoms with Crippen LogP contribution >= 0.6 is 0 Å². The lowest BCUT2D eigenvalue weighted by atomic mass is 9.96. The number of nitrogens with one attached hydrogen (secondary N) is 1. The summed E-state index contributed by atoms with van der Waals surface area (Å²) in [6, 6.07) is 7.58. The highest BCUT2D eigenvalue weighted by Crippen LogP contribution is 2.44. The van der Waals surface area contributed by atoms with Gasteiger partial charge in [-0.25, -0.2) is 22.3 Å². The maximum absolute atomic E-state index is 14.3. The van der Waals surface area contributed by atoms with E-state index in [2.05, 4.69) is 4.72 Å². The molecule has 5 rings (SSSR count). The molecule has 0 amide bonds. The van der Waals surface area contributed by atoms with Crippen LogP contribution in [0.3, 0.4) is 0 Å². The Morgan fingerprint density at radius 2 is 1.87 bits per heavy atom. The average molecular weight is 540 g/mol. The van der Waals surface area contributed by atoms with E-state index in [-0.39, 0.29) is 50.5 Å². The van der Waals surface area contributed by atoms with Gasteiger partial charge in [0.25, 0.3) is 0 Å². The quantitative estimate of drug-likeness (QED) is 0.456. The number of carbonyl (C=O) groups is 1. The van der Waals surface area contributed by atoms with Crippen LogP contribution in [0.15, 0.2) is 40.0 Å². The Hall–Kier alpha value is -3.75. The number of rotatable bonds is 7. The number of sulfonamides is 1. The zero-order chi connectivity index (χ0) is 27.2. The third-order valence-corrected chi connectivity index (χ3v) is 8.74. The van der Waals surface area contributed by atoms with Crippen molar-refractivity contribution in [2.24, 2.45) is 0 Å². The Balaban J connectivity index is 1.75. The molecule has 0 unspecified atom stereocenters. The molecule has 1 heterocycles. The van der Waals surface area contributed by atoms with Gasteiger partial charge in [0.1, 0.15) is 23.2 Å². The number of aromatic carboxylic acids is 1. The molecule has 2 aliphatic carbocycles. The lowest BCUT2D eigenvalue weighted by molar-refractivity contribution is 0.0695. The molecule has 2 aromatic carbocycles. The summed E-state index contributed by atoms with van der Waals surface area (Å²) in [5.41, 5.74) is -1.21. The fourth-order valence-corrected chi connectivity index (χ4v) is 6.75. The van der Waals surface area contributed by atoms with E-state index in [9.17, 15) is 32.8 Å². The van der Waals surface area contributed by atoms with Crippen molar-refractivity contribution in [3.63, 3.8) is 0 Å². The molecular weight excluding hydrogens is 513 g/mol. The van der Waals surface area contributed by atoms with Crippen molar-refractivity contribution in [2.75, 3.05) is 7.11 Å². The summed E-state index contributed by atoms with van der Waals surface area (Å²) >= 11 is 0. The summed E-state index contributed by atoms with van der Waals surface area (Å²) in [4.78, 5) is 25.6. The van der Waals surface area contributed by atoms with Gasteiger partial charge in [0.05, 0.1) is 34.2 Å². The summed E-state index contributed by atoms with van der Waals surface area (Å²) in [6.45, 7) is 0. The van der Waals surface area contributed by atoms with Gasteiger partial charge in [-0.15, -0.1) is 0 Å². The molecule has 11 heteroatoms. The Morgan fingerprint density at radius 1 is 1.16 bits per heavy atom. The van der Waals surface area contributed by atoms with E-state index < -0.39 is 32.8 Å². The minimum Gasteiger partial charge on any atom is -0.494 e. The van der Waals surface area contributed by atoms with Gasteiger partial charge < -0.3 is 14.4 Å². The van der Waals surface area contributed by atoms with Gasteiger partial charge in [0.2, 0.25) is 15.5 Å². The molecule has 2 aliphatic rings. The van der Waals surface area contributed by atoms with Crippen LogP contribution in [0.1, 0.15) is 66.9 Å². The van der Waals surface area contributed by atoms with Crippen LogP contribution in [-0.4, -0.2) is 37.2 Å². The lowest BCUT2D eigenvalue weighted by Gasteiger charge is -2.23. The van der Waals surface area contributed by atoms with E-state index >= 15 is 0 Å². The van der Waals surface area contributed by atoms with Crippen molar-refractivity contribution >= 4 is 26.9 Å². The molecule has 0 atom stereocenters. The van der Waals surface area contributed by atoms with Crippen molar-refractivity contribution in [1.29, 1.82) is 5.26 Å². The smallest absolute Gasteiger partial charge is 0.341 e. The Morgan fingerprint density at radius 3 is 2.47 bits per heavy atom. The van der Waals surface area contributed by atoms with Crippen LogP contribution in [0.25, 0.3) is 22.2 Å². The normalized spacial score (nSPS) is 16.3. The number of methoxy groups -OCH3 is 1. The van der Waals surface area contributed by atoms with Crippen LogP contribution in [-0.2, 0) is 10.0 Å². The van der Waals surface area contributed by atoms with Crippen LogP contribution < -0.4 is 14.9 Å². The highest BCUT2D eigenvalue weighted by molar-refractivity contribution is 7.89. The predicted octanol–water partition coefficient (Wildman–Crippen LogP) is 4.33. The minimum atomic E-state index is -4.02. The topological polar surface area (TPSA) is 138 Å². The second kappa shape index (κ2) is 9.85. The van der Waals surface area contributed by atoms with Gasteiger partial charge in [-0.3, -0.25) is 4.79 Å². The second-order valence-electron chi connectivity index (χ2n) is 9.74. The summed E-state index contributed by atoms with van der Waals surface area (Å²) in [6.07, 6.45) is 5.70. The number of pyridine rings is 1.